The second kappa shape index (κ2) is 5.60. The molecule has 3 rings (SSSR count). The first-order valence-electron chi connectivity index (χ1n) is 7.49. The monoisotopic (exact) mass is 290 g/mol. The Bertz CT molecular complexity index is 614. The lowest BCUT2D eigenvalue weighted by atomic mass is 10.1. The van der Waals surface area contributed by atoms with E-state index >= 15 is 0 Å². The number of hydrogen-bond acceptors (Lipinski definition) is 4. The molecule has 0 aliphatic heterocycles. The number of nitrogens with one attached hydrogen (secondary N) is 1. The molecule has 4 heteroatoms. The molecule has 1 fully saturated rings. The lowest BCUT2D eigenvalue weighted by Crippen LogP contribution is -2.13. The van der Waals surface area contributed by atoms with E-state index in [9.17, 15) is 0 Å². The van der Waals surface area contributed by atoms with Crippen LogP contribution in [0.4, 0.5) is 5.13 Å². The number of fused-ring (bicyclic) bond motifs is 1. The van der Waals surface area contributed by atoms with Crippen LogP contribution in [-0.2, 0) is 0 Å². The van der Waals surface area contributed by atoms with Crippen molar-refractivity contribution < 1.29 is 4.74 Å². The van der Waals surface area contributed by atoms with Crippen molar-refractivity contribution in [3.8, 4) is 5.75 Å². The van der Waals surface area contributed by atoms with Crippen molar-refractivity contribution in [3.63, 3.8) is 0 Å². The van der Waals surface area contributed by atoms with Crippen LogP contribution in [-0.4, -0.2) is 17.6 Å². The van der Waals surface area contributed by atoms with Gasteiger partial charge in [0.2, 0.25) is 0 Å². The second-order valence-corrected chi connectivity index (χ2v) is 6.59. The predicted octanol–water partition coefficient (Wildman–Crippen LogP) is 4.67. The van der Waals surface area contributed by atoms with Gasteiger partial charge in [-0.1, -0.05) is 30.2 Å². The fourth-order valence-corrected chi connectivity index (χ4v) is 4.03. The molecule has 108 valence electrons. The third-order valence-electron chi connectivity index (χ3n) is 3.96. The van der Waals surface area contributed by atoms with E-state index in [2.05, 4.69) is 25.2 Å². The minimum atomic E-state index is 0.604. The topological polar surface area (TPSA) is 34.1 Å². The summed E-state index contributed by atoms with van der Waals surface area (Å²) in [6.07, 6.45) is 5.22. The number of benzene rings is 1. The summed E-state index contributed by atoms with van der Waals surface area (Å²) in [5.41, 5.74) is 3.49. The molecular formula is C16H22N2OS. The number of ether oxygens (including phenoxy) is 1. The van der Waals surface area contributed by atoms with Crippen LogP contribution in [0.3, 0.4) is 0 Å². The maximum absolute atomic E-state index is 5.80. The highest BCUT2D eigenvalue weighted by molar-refractivity contribution is 7.22. The first-order valence-corrected chi connectivity index (χ1v) is 8.30. The van der Waals surface area contributed by atoms with Gasteiger partial charge in [0.25, 0.3) is 0 Å². The van der Waals surface area contributed by atoms with Crippen LogP contribution < -0.4 is 10.1 Å². The maximum Gasteiger partial charge on any atom is 0.184 e. The summed E-state index contributed by atoms with van der Waals surface area (Å²) in [4.78, 5) is 4.80. The van der Waals surface area contributed by atoms with Crippen molar-refractivity contribution >= 4 is 26.7 Å². The van der Waals surface area contributed by atoms with Crippen molar-refractivity contribution in [2.45, 2.75) is 52.5 Å². The van der Waals surface area contributed by atoms with E-state index in [4.69, 9.17) is 9.72 Å². The van der Waals surface area contributed by atoms with Gasteiger partial charge in [-0.25, -0.2) is 4.98 Å². The van der Waals surface area contributed by atoms with Gasteiger partial charge in [0.05, 0.1) is 11.3 Å². The molecule has 2 aromatic rings. The van der Waals surface area contributed by atoms with Crippen LogP contribution in [0.2, 0.25) is 0 Å². The molecule has 1 aliphatic rings. The number of rotatable bonds is 4. The molecule has 0 bridgehead atoms. The van der Waals surface area contributed by atoms with Crippen LogP contribution >= 0.6 is 11.3 Å². The lowest BCUT2D eigenvalue weighted by Gasteiger charge is -2.09. The van der Waals surface area contributed by atoms with E-state index in [-0.39, 0.29) is 0 Å². The van der Waals surface area contributed by atoms with Crippen LogP contribution in [0.25, 0.3) is 10.2 Å². The summed E-state index contributed by atoms with van der Waals surface area (Å²) in [6.45, 7) is 6.96. The zero-order valence-electron chi connectivity index (χ0n) is 12.5. The first-order chi connectivity index (χ1) is 9.69. The smallest absolute Gasteiger partial charge is 0.184 e. The Kier molecular flexibility index (Phi) is 3.83. The Labute approximate surface area is 124 Å². The highest BCUT2D eigenvalue weighted by Gasteiger charge is 2.18. The average Bonchev–Trinajstić information content (AvgIpc) is 3.04. The van der Waals surface area contributed by atoms with Gasteiger partial charge in [0.15, 0.2) is 5.13 Å². The number of aryl methyl sites for hydroxylation is 2. The van der Waals surface area contributed by atoms with E-state index in [1.165, 1.54) is 41.5 Å². The number of hydrogen-bond donors (Lipinski definition) is 1. The van der Waals surface area contributed by atoms with Crippen LogP contribution in [0.1, 0.15) is 43.7 Å². The van der Waals surface area contributed by atoms with E-state index < -0.39 is 0 Å². The Morgan fingerprint density at radius 3 is 2.75 bits per heavy atom. The minimum absolute atomic E-state index is 0.604. The predicted molar refractivity (Wildman–Crippen MR) is 86.1 cm³/mol. The zero-order chi connectivity index (χ0) is 14.1. The molecule has 0 unspecified atom stereocenters. The third kappa shape index (κ3) is 2.49. The zero-order valence-corrected chi connectivity index (χ0v) is 13.3. The number of anilines is 1. The van der Waals surface area contributed by atoms with Gasteiger partial charge in [-0.05, 0) is 44.7 Å². The number of thiazole rings is 1. The van der Waals surface area contributed by atoms with E-state index in [0.29, 0.717) is 12.6 Å². The number of nitrogens with zero attached hydrogens (tertiary/aromatic N) is 1. The van der Waals surface area contributed by atoms with E-state index in [1.807, 2.05) is 6.92 Å². The second-order valence-electron chi connectivity index (χ2n) is 5.59. The fourth-order valence-electron chi connectivity index (χ4n) is 3.02. The molecule has 0 radical (unpaired) electrons. The molecule has 1 heterocycles. The van der Waals surface area contributed by atoms with Crippen LogP contribution in [0.15, 0.2) is 6.07 Å². The molecule has 0 saturated heterocycles. The lowest BCUT2D eigenvalue weighted by molar-refractivity contribution is 0.341. The Hall–Kier alpha value is -1.29. The summed E-state index contributed by atoms with van der Waals surface area (Å²) in [6, 6.07) is 2.80. The normalized spacial score (nSPS) is 15.9. The Balaban J connectivity index is 1.99. The molecule has 1 saturated carbocycles. The van der Waals surface area contributed by atoms with Crippen molar-refractivity contribution in [2.75, 3.05) is 11.9 Å². The van der Waals surface area contributed by atoms with Crippen LogP contribution in [0, 0.1) is 13.8 Å². The van der Waals surface area contributed by atoms with Gasteiger partial charge in [-0.2, -0.15) is 0 Å². The molecule has 3 nitrogen and oxygen atoms in total. The van der Waals surface area contributed by atoms with Gasteiger partial charge in [-0.15, -0.1) is 0 Å². The van der Waals surface area contributed by atoms with Crippen LogP contribution in [0.5, 0.6) is 5.75 Å². The molecule has 1 aromatic carbocycles. The first kappa shape index (κ1) is 13.7. The molecule has 0 spiro atoms. The summed E-state index contributed by atoms with van der Waals surface area (Å²) in [5.74, 6) is 0.948. The molecule has 0 atom stereocenters. The Morgan fingerprint density at radius 1 is 1.30 bits per heavy atom. The highest BCUT2D eigenvalue weighted by Crippen LogP contribution is 2.38. The Morgan fingerprint density at radius 2 is 2.05 bits per heavy atom. The summed E-state index contributed by atoms with van der Waals surface area (Å²) < 4.78 is 7.05. The molecular weight excluding hydrogens is 268 g/mol. The molecule has 20 heavy (non-hydrogen) atoms. The quantitative estimate of drug-likeness (QED) is 0.888. The van der Waals surface area contributed by atoms with Gasteiger partial charge in [0.1, 0.15) is 11.3 Å². The number of aromatic nitrogens is 1. The van der Waals surface area contributed by atoms with Gasteiger partial charge >= 0.3 is 0 Å². The van der Waals surface area contributed by atoms with Gasteiger partial charge < -0.3 is 10.1 Å². The third-order valence-corrected chi connectivity index (χ3v) is 5.08. The van der Waals surface area contributed by atoms with E-state index in [0.717, 1.165) is 16.4 Å². The molecule has 1 N–H and O–H groups in total. The van der Waals surface area contributed by atoms with Crippen molar-refractivity contribution in [1.82, 2.24) is 4.98 Å². The van der Waals surface area contributed by atoms with Crippen molar-refractivity contribution in [2.24, 2.45) is 0 Å². The fraction of sp³-hybridized carbons (Fsp3) is 0.562. The SMILES string of the molecule is CCOc1c(C)cc(C)c2sc(NC3CCCC3)nc12. The van der Waals surface area contributed by atoms with Gasteiger partial charge in [0, 0.05) is 6.04 Å². The molecule has 0 amide bonds. The van der Waals surface area contributed by atoms with Crippen molar-refractivity contribution in [1.29, 1.82) is 0 Å². The molecule has 1 aliphatic carbocycles. The summed E-state index contributed by atoms with van der Waals surface area (Å²) in [7, 11) is 0. The van der Waals surface area contributed by atoms with E-state index in [1.54, 1.807) is 11.3 Å². The maximum atomic E-state index is 5.80. The highest BCUT2D eigenvalue weighted by atomic mass is 32.1. The average molecular weight is 290 g/mol. The van der Waals surface area contributed by atoms with Gasteiger partial charge in [-0.3, -0.25) is 0 Å². The minimum Gasteiger partial charge on any atom is -0.491 e. The van der Waals surface area contributed by atoms with Crippen molar-refractivity contribution in [3.05, 3.63) is 17.2 Å². The molecule has 1 aromatic heterocycles. The standard InChI is InChI=1S/C16H22N2OS/c1-4-19-14-10(2)9-11(3)15-13(14)18-16(20-15)17-12-7-5-6-8-12/h9,12H,4-8H2,1-3H3,(H,17,18). The summed E-state index contributed by atoms with van der Waals surface area (Å²) in [5, 5.41) is 4.64. The summed E-state index contributed by atoms with van der Waals surface area (Å²) >= 11 is 1.76. The largest absolute Gasteiger partial charge is 0.491 e.